The van der Waals surface area contributed by atoms with E-state index in [1.54, 1.807) is 11.3 Å². The number of rotatable bonds is 3. The number of pyridine rings is 1. The highest BCUT2D eigenvalue weighted by molar-refractivity contribution is 7.17. The molecule has 4 nitrogen and oxygen atoms in total. The van der Waals surface area contributed by atoms with Crippen LogP contribution in [0.3, 0.4) is 0 Å². The normalized spacial score (nSPS) is 11.0. The van der Waals surface area contributed by atoms with Crippen molar-refractivity contribution in [1.82, 2.24) is 10.3 Å². The van der Waals surface area contributed by atoms with Gasteiger partial charge in [-0.3, -0.25) is 9.59 Å². The standard InChI is InChI=1S/C19H14N2O2S/c22-18-9-12(13-5-1-3-7-16(13)21-18)10-20-19(23)15-11-24-17-8-4-2-6-14(15)17/h1-9,11H,10H2,(H,20,23)(H,21,22). The number of H-pyrrole nitrogens is 1. The first-order chi connectivity index (χ1) is 11.7. The molecule has 0 aliphatic heterocycles. The van der Waals surface area contributed by atoms with E-state index in [1.807, 2.05) is 53.9 Å². The highest BCUT2D eigenvalue weighted by Gasteiger charge is 2.12. The first-order valence-corrected chi connectivity index (χ1v) is 8.46. The summed E-state index contributed by atoms with van der Waals surface area (Å²) in [6, 6.07) is 17.0. The van der Waals surface area contributed by atoms with Crippen LogP contribution in [0.1, 0.15) is 15.9 Å². The molecule has 1 amide bonds. The van der Waals surface area contributed by atoms with Gasteiger partial charge < -0.3 is 10.3 Å². The van der Waals surface area contributed by atoms with Crippen LogP contribution >= 0.6 is 11.3 Å². The number of nitrogens with one attached hydrogen (secondary N) is 2. The number of carbonyl (C=O) groups excluding carboxylic acids is 1. The fraction of sp³-hybridized carbons (Fsp3) is 0.0526. The molecule has 24 heavy (non-hydrogen) atoms. The van der Waals surface area contributed by atoms with Crippen LogP contribution in [-0.4, -0.2) is 10.9 Å². The quantitative estimate of drug-likeness (QED) is 0.600. The van der Waals surface area contributed by atoms with Gasteiger partial charge in [-0.1, -0.05) is 36.4 Å². The zero-order valence-electron chi connectivity index (χ0n) is 12.7. The van der Waals surface area contributed by atoms with E-state index in [2.05, 4.69) is 10.3 Å². The molecule has 0 spiro atoms. The van der Waals surface area contributed by atoms with Crippen molar-refractivity contribution in [1.29, 1.82) is 0 Å². The smallest absolute Gasteiger partial charge is 0.253 e. The molecule has 2 aromatic carbocycles. The van der Waals surface area contributed by atoms with Gasteiger partial charge in [0.15, 0.2) is 0 Å². The van der Waals surface area contributed by atoms with Gasteiger partial charge in [-0.15, -0.1) is 11.3 Å². The predicted molar refractivity (Wildman–Crippen MR) is 97.6 cm³/mol. The van der Waals surface area contributed by atoms with Gasteiger partial charge in [0, 0.05) is 39.0 Å². The first kappa shape index (κ1) is 14.7. The predicted octanol–water partition coefficient (Wildman–Crippen LogP) is 3.67. The van der Waals surface area contributed by atoms with Crippen molar-refractivity contribution in [3.63, 3.8) is 0 Å². The van der Waals surface area contributed by atoms with E-state index < -0.39 is 0 Å². The summed E-state index contributed by atoms with van der Waals surface area (Å²) in [5.41, 5.74) is 2.08. The molecule has 0 aliphatic carbocycles. The van der Waals surface area contributed by atoms with Crippen molar-refractivity contribution in [2.75, 3.05) is 0 Å². The molecular weight excluding hydrogens is 320 g/mol. The van der Waals surface area contributed by atoms with Gasteiger partial charge in [0.1, 0.15) is 0 Å². The van der Waals surface area contributed by atoms with Crippen molar-refractivity contribution in [2.45, 2.75) is 6.54 Å². The van der Waals surface area contributed by atoms with Crippen LogP contribution in [0.25, 0.3) is 21.0 Å². The van der Waals surface area contributed by atoms with Crippen LogP contribution in [0.4, 0.5) is 0 Å². The van der Waals surface area contributed by atoms with Gasteiger partial charge in [0.05, 0.1) is 5.56 Å². The third kappa shape index (κ3) is 2.59. The molecule has 0 bridgehead atoms. The highest BCUT2D eigenvalue weighted by Crippen LogP contribution is 2.25. The molecule has 0 saturated carbocycles. The minimum Gasteiger partial charge on any atom is -0.348 e. The molecule has 0 atom stereocenters. The minimum absolute atomic E-state index is 0.128. The van der Waals surface area contributed by atoms with Gasteiger partial charge in [-0.25, -0.2) is 0 Å². The Morgan fingerprint density at radius 1 is 1.04 bits per heavy atom. The zero-order valence-corrected chi connectivity index (χ0v) is 13.5. The minimum atomic E-state index is -0.168. The van der Waals surface area contributed by atoms with E-state index in [9.17, 15) is 9.59 Å². The van der Waals surface area contributed by atoms with Crippen molar-refractivity contribution in [3.05, 3.63) is 81.5 Å². The monoisotopic (exact) mass is 334 g/mol. The van der Waals surface area contributed by atoms with Crippen LogP contribution < -0.4 is 10.9 Å². The van der Waals surface area contributed by atoms with Crippen molar-refractivity contribution >= 4 is 38.2 Å². The number of thiophene rings is 1. The Kier molecular flexibility index (Phi) is 3.63. The largest absolute Gasteiger partial charge is 0.348 e. The summed E-state index contributed by atoms with van der Waals surface area (Å²) in [7, 11) is 0. The summed E-state index contributed by atoms with van der Waals surface area (Å²) in [6.45, 7) is 0.313. The average Bonchev–Trinajstić information content (AvgIpc) is 3.03. The van der Waals surface area contributed by atoms with Gasteiger partial charge in [0.25, 0.3) is 5.91 Å². The Bertz CT molecular complexity index is 1110. The molecule has 4 aromatic rings. The summed E-state index contributed by atoms with van der Waals surface area (Å²) in [4.78, 5) is 27.1. The number of hydrogen-bond acceptors (Lipinski definition) is 3. The number of para-hydroxylation sites is 1. The molecule has 2 heterocycles. The fourth-order valence-electron chi connectivity index (χ4n) is 2.85. The van der Waals surface area contributed by atoms with Crippen LogP contribution in [0.2, 0.25) is 0 Å². The van der Waals surface area contributed by atoms with Crippen molar-refractivity contribution in [3.8, 4) is 0 Å². The molecule has 0 aliphatic rings. The molecule has 118 valence electrons. The van der Waals surface area contributed by atoms with Crippen molar-refractivity contribution < 1.29 is 4.79 Å². The lowest BCUT2D eigenvalue weighted by molar-refractivity contribution is 0.0953. The average molecular weight is 334 g/mol. The summed E-state index contributed by atoms with van der Waals surface area (Å²) in [6.07, 6.45) is 0. The number of carbonyl (C=O) groups is 1. The van der Waals surface area contributed by atoms with Gasteiger partial charge >= 0.3 is 0 Å². The van der Waals surface area contributed by atoms with Crippen LogP contribution in [0, 0.1) is 0 Å². The van der Waals surface area contributed by atoms with Gasteiger partial charge in [0.2, 0.25) is 5.56 Å². The maximum Gasteiger partial charge on any atom is 0.253 e. The van der Waals surface area contributed by atoms with E-state index >= 15 is 0 Å². The molecule has 2 aromatic heterocycles. The molecule has 5 heteroatoms. The van der Waals surface area contributed by atoms with Crippen molar-refractivity contribution in [2.24, 2.45) is 0 Å². The second-order valence-electron chi connectivity index (χ2n) is 5.53. The summed E-state index contributed by atoms with van der Waals surface area (Å²) in [5, 5.41) is 6.69. The molecule has 0 fully saturated rings. The lowest BCUT2D eigenvalue weighted by atomic mass is 10.1. The Balaban J connectivity index is 1.63. The second-order valence-corrected chi connectivity index (χ2v) is 6.44. The van der Waals surface area contributed by atoms with E-state index in [0.717, 1.165) is 26.6 Å². The first-order valence-electron chi connectivity index (χ1n) is 7.58. The summed E-state index contributed by atoms with van der Waals surface area (Å²) in [5.74, 6) is -0.128. The van der Waals surface area contributed by atoms with E-state index in [0.29, 0.717) is 12.1 Å². The molecule has 2 N–H and O–H groups in total. The molecule has 0 unspecified atom stereocenters. The second kappa shape index (κ2) is 5.94. The number of aromatic nitrogens is 1. The summed E-state index contributed by atoms with van der Waals surface area (Å²) >= 11 is 1.55. The maximum atomic E-state index is 12.5. The van der Waals surface area contributed by atoms with Crippen LogP contribution in [0.5, 0.6) is 0 Å². The Labute approximate surface area is 141 Å². The summed E-state index contributed by atoms with van der Waals surface area (Å²) < 4.78 is 1.09. The number of amides is 1. The lowest BCUT2D eigenvalue weighted by Crippen LogP contribution is -2.23. The number of benzene rings is 2. The van der Waals surface area contributed by atoms with Gasteiger partial charge in [-0.2, -0.15) is 0 Å². The Morgan fingerprint density at radius 2 is 1.79 bits per heavy atom. The van der Waals surface area contributed by atoms with Crippen LogP contribution in [-0.2, 0) is 6.54 Å². The SMILES string of the molecule is O=C(NCc1cc(=O)[nH]c2ccccc12)c1csc2ccccc12. The lowest BCUT2D eigenvalue weighted by Gasteiger charge is -2.08. The van der Waals surface area contributed by atoms with Crippen LogP contribution in [0.15, 0.2) is 64.8 Å². The molecule has 0 radical (unpaired) electrons. The number of aromatic amines is 1. The Hall–Kier alpha value is -2.92. The zero-order chi connectivity index (χ0) is 16.5. The molecular formula is C19H14N2O2S. The topological polar surface area (TPSA) is 62.0 Å². The van der Waals surface area contributed by atoms with E-state index in [4.69, 9.17) is 0 Å². The highest BCUT2D eigenvalue weighted by atomic mass is 32.1. The van der Waals surface area contributed by atoms with Gasteiger partial charge in [-0.05, 0) is 17.7 Å². The number of hydrogen-bond donors (Lipinski definition) is 2. The third-order valence-electron chi connectivity index (χ3n) is 4.00. The number of fused-ring (bicyclic) bond motifs is 2. The van der Waals surface area contributed by atoms with E-state index in [-0.39, 0.29) is 11.5 Å². The third-order valence-corrected chi connectivity index (χ3v) is 4.96. The molecule has 0 saturated heterocycles. The maximum absolute atomic E-state index is 12.5. The van der Waals surface area contributed by atoms with E-state index in [1.165, 1.54) is 6.07 Å². The Morgan fingerprint density at radius 3 is 2.67 bits per heavy atom. The fourth-order valence-corrected chi connectivity index (χ4v) is 3.79. The molecule has 4 rings (SSSR count).